The Morgan fingerprint density at radius 3 is 2.47 bits per heavy atom. The molecule has 88 valence electrons. The Hall–Kier alpha value is -2.03. The fourth-order valence-electron chi connectivity index (χ4n) is 1.82. The van der Waals surface area contributed by atoms with Crippen LogP contribution in [0.4, 0.5) is 5.82 Å². The number of hydrogen-bond acceptors (Lipinski definition) is 3. The first-order valence-electron chi connectivity index (χ1n) is 5.49. The van der Waals surface area contributed by atoms with Crippen molar-refractivity contribution in [3.63, 3.8) is 0 Å². The van der Waals surface area contributed by atoms with Crippen LogP contribution in [0.15, 0.2) is 30.5 Å². The molecule has 0 amide bonds. The van der Waals surface area contributed by atoms with Gasteiger partial charge in [0.2, 0.25) is 0 Å². The zero-order valence-electron chi connectivity index (χ0n) is 10.3. The molecule has 0 aliphatic carbocycles. The van der Waals surface area contributed by atoms with E-state index in [1.165, 1.54) is 0 Å². The molecule has 0 atom stereocenters. The number of benzene rings is 1. The molecule has 2 aromatic rings. The Morgan fingerprint density at radius 1 is 1.12 bits per heavy atom. The number of nitrogen functional groups attached to an aromatic ring is 1. The molecule has 0 aliphatic rings. The number of methoxy groups -OCH3 is 1. The Kier molecular flexibility index (Phi) is 3.00. The summed E-state index contributed by atoms with van der Waals surface area (Å²) in [6.07, 6.45) is 1.80. The fourth-order valence-corrected chi connectivity index (χ4v) is 1.82. The van der Waals surface area contributed by atoms with Crippen LogP contribution in [0.2, 0.25) is 0 Å². The number of pyridine rings is 1. The maximum atomic E-state index is 5.72. The molecule has 2 N–H and O–H groups in total. The van der Waals surface area contributed by atoms with Crippen molar-refractivity contribution in [3.8, 4) is 16.9 Å². The number of rotatable bonds is 2. The zero-order valence-corrected chi connectivity index (χ0v) is 10.3. The van der Waals surface area contributed by atoms with E-state index in [9.17, 15) is 0 Å². The van der Waals surface area contributed by atoms with Crippen LogP contribution in [0, 0.1) is 13.8 Å². The van der Waals surface area contributed by atoms with Crippen molar-refractivity contribution in [3.05, 3.63) is 41.6 Å². The first-order valence-corrected chi connectivity index (χ1v) is 5.49. The Bertz CT molecular complexity index is 550. The normalized spacial score (nSPS) is 10.3. The van der Waals surface area contributed by atoms with Gasteiger partial charge in [0.05, 0.1) is 7.11 Å². The van der Waals surface area contributed by atoms with Crippen LogP contribution in [-0.4, -0.2) is 12.1 Å². The lowest BCUT2D eigenvalue weighted by molar-refractivity contribution is 0.414. The second kappa shape index (κ2) is 4.45. The van der Waals surface area contributed by atoms with E-state index < -0.39 is 0 Å². The molecule has 0 aliphatic heterocycles. The predicted molar refractivity (Wildman–Crippen MR) is 70.1 cm³/mol. The number of anilines is 1. The fraction of sp³-hybridized carbons (Fsp3) is 0.214. The van der Waals surface area contributed by atoms with Gasteiger partial charge in [0, 0.05) is 11.8 Å². The van der Waals surface area contributed by atoms with E-state index in [4.69, 9.17) is 10.5 Å². The van der Waals surface area contributed by atoms with Crippen molar-refractivity contribution in [1.29, 1.82) is 0 Å². The van der Waals surface area contributed by atoms with E-state index in [0.717, 1.165) is 28.0 Å². The van der Waals surface area contributed by atoms with Crippen molar-refractivity contribution < 1.29 is 4.74 Å². The number of hydrogen-bond donors (Lipinski definition) is 1. The van der Waals surface area contributed by atoms with Gasteiger partial charge in [0.15, 0.2) is 0 Å². The van der Waals surface area contributed by atoms with Crippen LogP contribution in [0.3, 0.4) is 0 Å². The van der Waals surface area contributed by atoms with Gasteiger partial charge in [0.25, 0.3) is 0 Å². The predicted octanol–water partition coefficient (Wildman–Crippen LogP) is 2.96. The lowest BCUT2D eigenvalue weighted by Gasteiger charge is -2.09. The molecule has 0 saturated heterocycles. The smallest absolute Gasteiger partial charge is 0.126 e. The van der Waals surface area contributed by atoms with Crippen molar-refractivity contribution in [2.75, 3.05) is 12.8 Å². The molecule has 3 nitrogen and oxygen atoms in total. The second-order valence-corrected chi connectivity index (χ2v) is 4.11. The summed E-state index contributed by atoms with van der Waals surface area (Å²) in [6.45, 7) is 4.02. The van der Waals surface area contributed by atoms with Crippen molar-refractivity contribution >= 4 is 5.82 Å². The maximum absolute atomic E-state index is 5.72. The highest BCUT2D eigenvalue weighted by molar-refractivity contribution is 5.69. The quantitative estimate of drug-likeness (QED) is 0.859. The summed E-state index contributed by atoms with van der Waals surface area (Å²) in [5.41, 5.74) is 10.1. The van der Waals surface area contributed by atoms with Gasteiger partial charge in [-0.2, -0.15) is 0 Å². The lowest BCUT2D eigenvalue weighted by Crippen LogP contribution is -1.95. The molecule has 0 unspecified atom stereocenters. The SMILES string of the molecule is COc1ccc(-c2cnc(N)c(C)c2)c(C)c1. The molecular formula is C14H16N2O. The van der Waals surface area contributed by atoms with Gasteiger partial charge in [-0.15, -0.1) is 0 Å². The average Bonchev–Trinajstić information content (AvgIpc) is 2.32. The van der Waals surface area contributed by atoms with Crippen LogP contribution in [-0.2, 0) is 0 Å². The van der Waals surface area contributed by atoms with Crippen LogP contribution in [0.1, 0.15) is 11.1 Å². The van der Waals surface area contributed by atoms with Crippen LogP contribution in [0.5, 0.6) is 5.75 Å². The standard InChI is InChI=1S/C14H16N2O/c1-9-7-12(17-3)4-5-13(9)11-6-10(2)14(15)16-8-11/h4-8H,1-3H3,(H2,15,16). The van der Waals surface area contributed by atoms with Crippen molar-refractivity contribution in [2.45, 2.75) is 13.8 Å². The molecule has 0 radical (unpaired) electrons. The molecule has 0 bridgehead atoms. The second-order valence-electron chi connectivity index (χ2n) is 4.11. The lowest BCUT2D eigenvalue weighted by atomic mass is 10.0. The van der Waals surface area contributed by atoms with Gasteiger partial charge in [-0.1, -0.05) is 6.07 Å². The molecule has 2 rings (SSSR count). The van der Waals surface area contributed by atoms with Gasteiger partial charge >= 0.3 is 0 Å². The third-order valence-electron chi connectivity index (χ3n) is 2.86. The number of ether oxygens (including phenoxy) is 1. The minimum atomic E-state index is 0.583. The molecular weight excluding hydrogens is 212 g/mol. The largest absolute Gasteiger partial charge is 0.497 e. The summed E-state index contributed by atoms with van der Waals surface area (Å²) in [7, 11) is 1.67. The first-order chi connectivity index (χ1) is 8.11. The summed E-state index contributed by atoms with van der Waals surface area (Å²) in [5, 5.41) is 0. The Labute approximate surface area is 101 Å². The maximum Gasteiger partial charge on any atom is 0.126 e. The van der Waals surface area contributed by atoms with Gasteiger partial charge in [-0.25, -0.2) is 4.98 Å². The van der Waals surface area contributed by atoms with Crippen molar-refractivity contribution in [1.82, 2.24) is 4.98 Å². The Morgan fingerprint density at radius 2 is 1.88 bits per heavy atom. The summed E-state index contributed by atoms with van der Waals surface area (Å²) in [6, 6.07) is 8.06. The van der Waals surface area contributed by atoms with Gasteiger partial charge < -0.3 is 10.5 Å². The van der Waals surface area contributed by atoms with Gasteiger partial charge in [-0.3, -0.25) is 0 Å². The van der Waals surface area contributed by atoms with Gasteiger partial charge in [0.1, 0.15) is 11.6 Å². The third kappa shape index (κ3) is 2.23. The van der Waals surface area contributed by atoms with Crippen molar-refractivity contribution in [2.24, 2.45) is 0 Å². The Balaban J connectivity index is 2.49. The molecule has 1 heterocycles. The summed E-state index contributed by atoms with van der Waals surface area (Å²) in [5.74, 6) is 1.45. The highest BCUT2D eigenvalue weighted by atomic mass is 16.5. The molecule has 0 spiro atoms. The molecule has 0 fully saturated rings. The topological polar surface area (TPSA) is 48.1 Å². The number of nitrogens with zero attached hydrogens (tertiary/aromatic N) is 1. The third-order valence-corrected chi connectivity index (χ3v) is 2.86. The summed E-state index contributed by atoms with van der Waals surface area (Å²) < 4.78 is 5.19. The van der Waals surface area contributed by atoms with Crippen LogP contribution >= 0.6 is 0 Å². The number of aryl methyl sites for hydroxylation is 2. The highest BCUT2D eigenvalue weighted by Crippen LogP contribution is 2.27. The molecule has 3 heteroatoms. The minimum Gasteiger partial charge on any atom is -0.497 e. The van der Waals surface area contributed by atoms with E-state index in [2.05, 4.69) is 18.0 Å². The molecule has 1 aromatic carbocycles. The van der Waals surface area contributed by atoms with Crippen LogP contribution < -0.4 is 10.5 Å². The van der Waals surface area contributed by atoms with E-state index in [-0.39, 0.29) is 0 Å². The minimum absolute atomic E-state index is 0.583. The highest BCUT2D eigenvalue weighted by Gasteiger charge is 2.05. The van der Waals surface area contributed by atoms with E-state index in [0.29, 0.717) is 5.82 Å². The van der Waals surface area contributed by atoms with Crippen LogP contribution in [0.25, 0.3) is 11.1 Å². The van der Waals surface area contributed by atoms with Gasteiger partial charge in [-0.05, 0) is 48.7 Å². The molecule has 17 heavy (non-hydrogen) atoms. The summed E-state index contributed by atoms with van der Waals surface area (Å²) in [4.78, 5) is 4.19. The average molecular weight is 228 g/mol. The number of nitrogens with two attached hydrogens (primary N) is 1. The molecule has 0 saturated carbocycles. The van der Waals surface area contributed by atoms with E-state index >= 15 is 0 Å². The number of aromatic nitrogens is 1. The monoisotopic (exact) mass is 228 g/mol. The van der Waals surface area contributed by atoms with E-state index in [1.54, 1.807) is 13.3 Å². The molecule has 1 aromatic heterocycles. The zero-order chi connectivity index (χ0) is 12.4. The van der Waals surface area contributed by atoms with E-state index in [1.807, 2.05) is 25.1 Å². The summed E-state index contributed by atoms with van der Waals surface area (Å²) >= 11 is 0. The first kappa shape index (κ1) is 11.5.